The number of H-pyrrole nitrogens is 1. The molecule has 0 aliphatic rings. The normalized spacial score (nSPS) is 12.6. The van der Waals surface area contributed by atoms with Gasteiger partial charge in [-0.3, -0.25) is 9.98 Å². The van der Waals surface area contributed by atoms with E-state index in [1.807, 2.05) is 25.3 Å². The van der Waals surface area contributed by atoms with Gasteiger partial charge in [-0.1, -0.05) is 0 Å². The Morgan fingerprint density at radius 1 is 1.40 bits per heavy atom. The summed E-state index contributed by atoms with van der Waals surface area (Å²) < 4.78 is 15.2. The van der Waals surface area contributed by atoms with Crippen LogP contribution in [0, 0.1) is 6.92 Å². The predicted molar refractivity (Wildman–Crippen MR) is 116 cm³/mol. The van der Waals surface area contributed by atoms with Gasteiger partial charge in [-0.15, -0.1) is 0 Å². The highest BCUT2D eigenvalue weighted by Gasteiger charge is 2.14. The van der Waals surface area contributed by atoms with Crippen molar-refractivity contribution in [2.45, 2.75) is 20.3 Å². The van der Waals surface area contributed by atoms with Crippen molar-refractivity contribution in [3.05, 3.63) is 65.8 Å². The molecule has 0 spiro atoms. The van der Waals surface area contributed by atoms with Crippen LogP contribution in [0.1, 0.15) is 23.9 Å². The maximum absolute atomic E-state index is 13.5. The van der Waals surface area contributed by atoms with E-state index in [1.54, 1.807) is 16.9 Å². The minimum Gasteiger partial charge on any atom is -0.360 e. The number of aromatic nitrogens is 6. The molecular formula is C21H21FN8. The molecule has 4 heterocycles. The summed E-state index contributed by atoms with van der Waals surface area (Å²) >= 11 is 0. The Bertz CT molecular complexity index is 1280. The molecule has 0 radical (unpaired) electrons. The topological polar surface area (TPSA) is 96.2 Å². The van der Waals surface area contributed by atoms with Gasteiger partial charge >= 0.3 is 0 Å². The Morgan fingerprint density at radius 2 is 2.27 bits per heavy atom. The molecule has 0 bridgehead atoms. The van der Waals surface area contributed by atoms with Crippen LogP contribution in [-0.4, -0.2) is 42.8 Å². The number of allylic oxidation sites excluding steroid dienone is 3. The summed E-state index contributed by atoms with van der Waals surface area (Å²) in [6.45, 7) is 7.32. The summed E-state index contributed by atoms with van der Waals surface area (Å²) in [5.41, 5.74) is 5.01. The number of nitrogens with zero attached hydrogens (tertiary/aromatic N) is 6. The minimum absolute atomic E-state index is 0.340. The second-order valence-corrected chi connectivity index (χ2v) is 6.82. The van der Waals surface area contributed by atoms with E-state index in [2.05, 4.69) is 42.1 Å². The molecule has 8 nitrogen and oxygen atoms in total. The van der Waals surface area contributed by atoms with Crippen molar-refractivity contribution >= 4 is 34.9 Å². The molecule has 4 aromatic heterocycles. The maximum Gasteiger partial charge on any atom is 0.227 e. The first-order chi connectivity index (χ1) is 14.6. The van der Waals surface area contributed by atoms with Gasteiger partial charge in [0.15, 0.2) is 11.5 Å². The number of anilines is 1. The number of rotatable bonds is 7. The standard InChI is InChI=1S/C21H21FN8/c1-13-10-27-30-20(13)28-19(16(11-23-3)9-14(2)22)29-21(30)25-8-6-15-12-26-17-5-4-7-24-18(15)17/h4-5,7,9-12,26H,3,6,8H2,1-2H3,(H,25,28,29)/b14-9+,16-11+. The average molecular weight is 404 g/mol. The zero-order valence-electron chi connectivity index (χ0n) is 16.7. The van der Waals surface area contributed by atoms with Crippen molar-refractivity contribution in [1.29, 1.82) is 0 Å². The first kappa shape index (κ1) is 19.4. The van der Waals surface area contributed by atoms with Crippen LogP contribution in [0.4, 0.5) is 10.3 Å². The molecule has 4 aromatic rings. The highest BCUT2D eigenvalue weighted by molar-refractivity contribution is 5.78. The quantitative estimate of drug-likeness (QED) is 0.360. The molecule has 0 unspecified atom stereocenters. The van der Waals surface area contributed by atoms with Crippen molar-refractivity contribution in [1.82, 2.24) is 29.5 Å². The van der Waals surface area contributed by atoms with Crippen molar-refractivity contribution in [3.63, 3.8) is 0 Å². The van der Waals surface area contributed by atoms with Crippen LogP contribution in [0.15, 0.2) is 53.8 Å². The molecule has 0 saturated carbocycles. The summed E-state index contributed by atoms with van der Waals surface area (Å²) in [7, 11) is 0. The second kappa shape index (κ2) is 8.24. The van der Waals surface area contributed by atoms with Crippen LogP contribution < -0.4 is 5.32 Å². The van der Waals surface area contributed by atoms with E-state index in [-0.39, 0.29) is 5.83 Å². The molecule has 0 amide bonds. The lowest BCUT2D eigenvalue weighted by atomic mass is 10.2. The highest BCUT2D eigenvalue weighted by Crippen LogP contribution is 2.20. The summed E-state index contributed by atoms with van der Waals surface area (Å²) in [5.74, 6) is 0.475. The number of nitrogens with one attached hydrogen (secondary N) is 2. The Hall–Kier alpha value is -3.88. The highest BCUT2D eigenvalue weighted by atomic mass is 19.1. The van der Waals surface area contributed by atoms with Gasteiger partial charge in [0, 0.05) is 36.3 Å². The van der Waals surface area contributed by atoms with Gasteiger partial charge < -0.3 is 10.3 Å². The van der Waals surface area contributed by atoms with Gasteiger partial charge in [-0.05, 0) is 50.8 Å². The zero-order chi connectivity index (χ0) is 21.1. The Morgan fingerprint density at radius 3 is 3.07 bits per heavy atom. The lowest BCUT2D eigenvalue weighted by molar-refractivity contribution is 0.641. The molecular weight excluding hydrogens is 383 g/mol. The third kappa shape index (κ3) is 3.82. The molecule has 30 heavy (non-hydrogen) atoms. The molecule has 0 saturated heterocycles. The first-order valence-electron chi connectivity index (χ1n) is 9.44. The summed E-state index contributed by atoms with van der Waals surface area (Å²) in [4.78, 5) is 20.5. The van der Waals surface area contributed by atoms with E-state index in [4.69, 9.17) is 0 Å². The fraction of sp³-hybridized carbons (Fsp3) is 0.190. The molecule has 9 heteroatoms. The van der Waals surface area contributed by atoms with E-state index in [1.165, 1.54) is 19.2 Å². The van der Waals surface area contributed by atoms with Crippen LogP contribution in [0.3, 0.4) is 0 Å². The molecule has 0 aromatic carbocycles. The number of aromatic amines is 1. The lowest BCUT2D eigenvalue weighted by Crippen LogP contribution is -2.13. The van der Waals surface area contributed by atoms with Crippen LogP contribution in [-0.2, 0) is 6.42 Å². The van der Waals surface area contributed by atoms with Crippen molar-refractivity contribution in [2.24, 2.45) is 4.99 Å². The Kier molecular flexibility index (Phi) is 5.34. The number of pyridine rings is 1. The first-order valence-corrected chi connectivity index (χ1v) is 9.44. The largest absolute Gasteiger partial charge is 0.360 e. The Balaban J connectivity index is 1.65. The number of hydrogen-bond acceptors (Lipinski definition) is 6. The van der Waals surface area contributed by atoms with E-state index >= 15 is 0 Å². The number of aryl methyl sites for hydroxylation is 1. The average Bonchev–Trinajstić information content (AvgIpc) is 3.31. The van der Waals surface area contributed by atoms with Gasteiger partial charge in [0.1, 0.15) is 0 Å². The van der Waals surface area contributed by atoms with E-state index < -0.39 is 0 Å². The van der Waals surface area contributed by atoms with Crippen LogP contribution in [0.2, 0.25) is 0 Å². The monoisotopic (exact) mass is 404 g/mol. The predicted octanol–water partition coefficient (Wildman–Crippen LogP) is 3.88. The molecule has 0 atom stereocenters. The van der Waals surface area contributed by atoms with Crippen LogP contribution >= 0.6 is 0 Å². The smallest absolute Gasteiger partial charge is 0.227 e. The summed E-state index contributed by atoms with van der Waals surface area (Å²) in [6.07, 6.45) is 8.95. The SMILES string of the molecule is C=N/C=C(\C=C(/C)F)c1nc(NCCc2c[nH]c3cccnc23)n2ncc(C)c2n1. The summed E-state index contributed by atoms with van der Waals surface area (Å²) in [5, 5.41) is 7.67. The maximum atomic E-state index is 13.5. The number of fused-ring (bicyclic) bond motifs is 2. The van der Waals surface area contributed by atoms with E-state index in [0.717, 1.165) is 28.6 Å². The Labute approximate surface area is 172 Å². The van der Waals surface area contributed by atoms with Crippen LogP contribution in [0.5, 0.6) is 0 Å². The van der Waals surface area contributed by atoms with E-state index in [9.17, 15) is 4.39 Å². The van der Waals surface area contributed by atoms with Crippen LogP contribution in [0.25, 0.3) is 22.3 Å². The molecule has 2 N–H and O–H groups in total. The molecule has 152 valence electrons. The fourth-order valence-electron chi connectivity index (χ4n) is 3.21. The zero-order valence-corrected chi connectivity index (χ0v) is 16.7. The van der Waals surface area contributed by atoms with Gasteiger partial charge in [0.25, 0.3) is 0 Å². The minimum atomic E-state index is -0.375. The van der Waals surface area contributed by atoms with Gasteiger partial charge in [-0.2, -0.15) is 14.6 Å². The van der Waals surface area contributed by atoms with Gasteiger partial charge in [-0.25, -0.2) is 9.37 Å². The van der Waals surface area contributed by atoms with Gasteiger partial charge in [0.05, 0.1) is 23.1 Å². The van der Waals surface area contributed by atoms with Gasteiger partial charge in [0.2, 0.25) is 5.95 Å². The van der Waals surface area contributed by atoms with E-state index in [0.29, 0.717) is 29.5 Å². The fourth-order valence-corrected chi connectivity index (χ4v) is 3.21. The number of aliphatic imine (C=N–C) groups is 1. The lowest BCUT2D eigenvalue weighted by Gasteiger charge is -2.10. The third-order valence-corrected chi connectivity index (χ3v) is 4.58. The van der Waals surface area contributed by atoms with Crippen molar-refractivity contribution < 1.29 is 4.39 Å². The van der Waals surface area contributed by atoms with Crippen molar-refractivity contribution in [3.8, 4) is 0 Å². The second-order valence-electron chi connectivity index (χ2n) is 6.82. The molecule has 0 fully saturated rings. The number of halogens is 1. The summed E-state index contributed by atoms with van der Waals surface area (Å²) in [6, 6.07) is 3.89. The third-order valence-electron chi connectivity index (χ3n) is 4.58. The van der Waals surface area contributed by atoms with Crippen molar-refractivity contribution in [2.75, 3.05) is 11.9 Å². The molecule has 0 aliphatic carbocycles. The molecule has 4 rings (SSSR count). The molecule has 0 aliphatic heterocycles. The number of hydrogen-bond donors (Lipinski definition) is 2.